The van der Waals surface area contributed by atoms with Crippen LogP contribution in [0.3, 0.4) is 0 Å². The normalized spacial score (nSPS) is 16.8. The van der Waals surface area contributed by atoms with E-state index in [0.29, 0.717) is 0 Å². The molecule has 1 fully saturated rings. The predicted molar refractivity (Wildman–Crippen MR) is 90.7 cm³/mol. The Hall–Kier alpha value is -0.800. The Bertz CT molecular complexity index is 430. The van der Waals surface area contributed by atoms with Gasteiger partial charge in [0, 0.05) is 31.0 Å². The van der Waals surface area contributed by atoms with Crippen molar-refractivity contribution < 1.29 is 0 Å². The van der Waals surface area contributed by atoms with E-state index in [0.717, 1.165) is 19.1 Å². The summed E-state index contributed by atoms with van der Waals surface area (Å²) in [6.07, 6.45) is 8.37. The molecule has 0 aliphatic heterocycles. The molecule has 1 aromatic heterocycles. The van der Waals surface area contributed by atoms with Crippen molar-refractivity contribution in [2.75, 3.05) is 20.1 Å². The fourth-order valence-corrected chi connectivity index (χ4v) is 3.49. The van der Waals surface area contributed by atoms with Crippen LogP contribution in [0, 0.1) is 13.8 Å². The Morgan fingerprint density at radius 3 is 2.57 bits per heavy atom. The molecule has 120 valence electrons. The molecule has 2 rings (SSSR count). The van der Waals surface area contributed by atoms with Gasteiger partial charge < -0.3 is 14.8 Å². The minimum atomic E-state index is 0.845. The fraction of sp³-hybridized carbons (Fsp3) is 0.778. The summed E-state index contributed by atoms with van der Waals surface area (Å²) in [4.78, 5) is 2.58. The van der Waals surface area contributed by atoms with Crippen LogP contribution in [0.4, 0.5) is 0 Å². The smallest absolute Gasteiger partial charge is 0.0223 e. The molecule has 0 spiro atoms. The maximum atomic E-state index is 3.60. The van der Waals surface area contributed by atoms with Crippen molar-refractivity contribution in [1.29, 1.82) is 0 Å². The maximum absolute atomic E-state index is 3.60. The van der Waals surface area contributed by atoms with Crippen molar-refractivity contribution in [3.8, 4) is 0 Å². The highest BCUT2D eigenvalue weighted by molar-refractivity contribution is 5.26. The molecule has 0 amide bonds. The van der Waals surface area contributed by atoms with Gasteiger partial charge in [0.2, 0.25) is 0 Å². The van der Waals surface area contributed by atoms with Gasteiger partial charge in [-0.15, -0.1) is 0 Å². The number of nitrogens with one attached hydrogen (secondary N) is 1. The summed E-state index contributed by atoms with van der Waals surface area (Å²) in [5.74, 6) is 0. The van der Waals surface area contributed by atoms with E-state index in [4.69, 9.17) is 0 Å². The number of hydrogen-bond acceptors (Lipinski definition) is 2. The van der Waals surface area contributed by atoms with Crippen LogP contribution in [-0.4, -0.2) is 35.6 Å². The van der Waals surface area contributed by atoms with Crippen molar-refractivity contribution in [1.82, 2.24) is 14.8 Å². The molecule has 0 saturated heterocycles. The number of hydrogen-bond donors (Lipinski definition) is 1. The molecule has 0 atom stereocenters. The quantitative estimate of drug-likeness (QED) is 0.777. The Labute approximate surface area is 130 Å². The van der Waals surface area contributed by atoms with E-state index >= 15 is 0 Å². The second-order valence-corrected chi connectivity index (χ2v) is 6.76. The highest BCUT2D eigenvalue weighted by Gasteiger charge is 2.17. The first kappa shape index (κ1) is 16.6. The third-order valence-electron chi connectivity index (χ3n) is 5.26. The number of aryl methyl sites for hydroxylation is 1. The van der Waals surface area contributed by atoms with E-state index < -0.39 is 0 Å². The van der Waals surface area contributed by atoms with Gasteiger partial charge in [0.1, 0.15) is 0 Å². The predicted octanol–water partition coefficient (Wildman–Crippen LogP) is 3.39. The summed E-state index contributed by atoms with van der Waals surface area (Å²) in [5, 5.41) is 3.60. The van der Waals surface area contributed by atoms with Crippen LogP contribution in [0.5, 0.6) is 0 Å². The SMILES string of the molecule is Cc1cc(CNCCCN(C)C2CCCCC2)c(C)n1C. The molecule has 1 N–H and O–H groups in total. The standard InChI is InChI=1S/C18H33N3/c1-15-13-17(16(2)21(15)4)14-19-11-8-12-20(3)18-9-6-5-7-10-18/h13,18-19H,5-12,14H2,1-4H3. The lowest BCUT2D eigenvalue weighted by Crippen LogP contribution is -2.35. The lowest BCUT2D eigenvalue weighted by atomic mass is 9.94. The van der Waals surface area contributed by atoms with E-state index in [9.17, 15) is 0 Å². The number of aromatic nitrogens is 1. The summed E-state index contributed by atoms with van der Waals surface area (Å²) in [7, 11) is 4.45. The van der Waals surface area contributed by atoms with Gasteiger partial charge in [0.05, 0.1) is 0 Å². The summed E-state index contributed by atoms with van der Waals surface area (Å²) >= 11 is 0. The lowest BCUT2D eigenvalue weighted by molar-refractivity contribution is 0.189. The second-order valence-electron chi connectivity index (χ2n) is 6.76. The first-order chi connectivity index (χ1) is 10.1. The van der Waals surface area contributed by atoms with Crippen LogP contribution < -0.4 is 5.32 Å². The van der Waals surface area contributed by atoms with Gasteiger partial charge in [0.15, 0.2) is 0 Å². The molecule has 0 unspecified atom stereocenters. The van der Waals surface area contributed by atoms with Crippen molar-refractivity contribution in [2.45, 2.75) is 65.0 Å². The van der Waals surface area contributed by atoms with Crippen LogP contribution in [0.1, 0.15) is 55.5 Å². The topological polar surface area (TPSA) is 20.2 Å². The van der Waals surface area contributed by atoms with E-state index in [2.05, 4.69) is 48.8 Å². The van der Waals surface area contributed by atoms with E-state index in [1.54, 1.807) is 0 Å². The first-order valence-corrected chi connectivity index (χ1v) is 8.62. The van der Waals surface area contributed by atoms with Crippen LogP contribution in [0.25, 0.3) is 0 Å². The Morgan fingerprint density at radius 1 is 1.24 bits per heavy atom. The van der Waals surface area contributed by atoms with Gasteiger partial charge in [-0.05, 0) is 64.9 Å². The molecule has 21 heavy (non-hydrogen) atoms. The molecule has 0 radical (unpaired) electrons. The summed E-state index contributed by atoms with van der Waals surface area (Å²) in [6, 6.07) is 3.15. The van der Waals surface area contributed by atoms with Crippen molar-refractivity contribution in [3.63, 3.8) is 0 Å². The Morgan fingerprint density at radius 2 is 1.95 bits per heavy atom. The fourth-order valence-electron chi connectivity index (χ4n) is 3.49. The van der Waals surface area contributed by atoms with Crippen molar-refractivity contribution >= 4 is 0 Å². The summed E-state index contributed by atoms with van der Waals surface area (Å²) < 4.78 is 2.27. The molecule has 3 nitrogen and oxygen atoms in total. The molecule has 0 bridgehead atoms. The van der Waals surface area contributed by atoms with E-state index in [1.807, 2.05) is 0 Å². The van der Waals surface area contributed by atoms with E-state index in [1.165, 1.54) is 62.0 Å². The highest BCUT2D eigenvalue weighted by atomic mass is 15.1. The van der Waals surface area contributed by atoms with E-state index in [-0.39, 0.29) is 0 Å². The monoisotopic (exact) mass is 291 g/mol. The Balaban J connectivity index is 1.62. The van der Waals surface area contributed by atoms with Crippen LogP contribution in [-0.2, 0) is 13.6 Å². The number of nitrogens with zero attached hydrogens (tertiary/aromatic N) is 2. The largest absolute Gasteiger partial charge is 0.352 e. The zero-order valence-corrected chi connectivity index (χ0v) is 14.4. The average Bonchev–Trinajstić information content (AvgIpc) is 2.75. The van der Waals surface area contributed by atoms with Gasteiger partial charge in [-0.1, -0.05) is 19.3 Å². The van der Waals surface area contributed by atoms with Crippen LogP contribution >= 0.6 is 0 Å². The van der Waals surface area contributed by atoms with Crippen LogP contribution in [0.2, 0.25) is 0 Å². The van der Waals surface area contributed by atoms with Gasteiger partial charge >= 0.3 is 0 Å². The third kappa shape index (κ3) is 4.58. The second kappa shape index (κ2) is 8.00. The van der Waals surface area contributed by atoms with Crippen molar-refractivity contribution in [3.05, 3.63) is 23.0 Å². The molecule has 0 aromatic carbocycles. The molecule has 1 aliphatic rings. The van der Waals surface area contributed by atoms with Gasteiger partial charge in [-0.25, -0.2) is 0 Å². The van der Waals surface area contributed by atoms with Crippen molar-refractivity contribution in [2.24, 2.45) is 7.05 Å². The summed E-state index contributed by atoms with van der Waals surface area (Å²) in [6.45, 7) is 7.73. The average molecular weight is 291 g/mol. The maximum Gasteiger partial charge on any atom is 0.0223 e. The first-order valence-electron chi connectivity index (χ1n) is 8.62. The molecule has 1 heterocycles. The molecule has 1 saturated carbocycles. The summed E-state index contributed by atoms with van der Waals surface area (Å²) in [5.41, 5.74) is 4.18. The highest BCUT2D eigenvalue weighted by Crippen LogP contribution is 2.21. The third-order valence-corrected chi connectivity index (χ3v) is 5.26. The zero-order valence-electron chi connectivity index (χ0n) is 14.4. The number of rotatable bonds is 7. The van der Waals surface area contributed by atoms with Gasteiger partial charge in [-0.2, -0.15) is 0 Å². The zero-order chi connectivity index (χ0) is 15.2. The van der Waals surface area contributed by atoms with Crippen LogP contribution in [0.15, 0.2) is 6.07 Å². The molecular weight excluding hydrogens is 258 g/mol. The Kier molecular flexibility index (Phi) is 6.31. The molecular formula is C18H33N3. The molecule has 3 heteroatoms. The van der Waals surface area contributed by atoms with Gasteiger partial charge in [-0.3, -0.25) is 0 Å². The molecule has 1 aromatic rings. The van der Waals surface area contributed by atoms with Gasteiger partial charge in [0.25, 0.3) is 0 Å². The minimum absolute atomic E-state index is 0.845. The molecule has 1 aliphatic carbocycles. The lowest BCUT2D eigenvalue weighted by Gasteiger charge is -2.31. The minimum Gasteiger partial charge on any atom is -0.352 e.